The number of aliphatic hydroxyl groups excluding tert-OH is 1. The maximum atomic E-state index is 10.1. The summed E-state index contributed by atoms with van der Waals surface area (Å²) in [5, 5.41) is 10.1. The highest BCUT2D eigenvalue weighted by Gasteiger charge is 2.31. The second-order valence-corrected chi connectivity index (χ2v) is 5.18. The summed E-state index contributed by atoms with van der Waals surface area (Å²) < 4.78 is 0. The molecule has 0 heterocycles. The number of allylic oxidation sites excluding steroid dienone is 5. The molecule has 0 aromatic carbocycles. The summed E-state index contributed by atoms with van der Waals surface area (Å²) in [6, 6.07) is 0. The van der Waals surface area contributed by atoms with Gasteiger partial charge in [-0.15, -0.1) is 6.58 Å². The van der Waals surface area contributed by atoms with Gasteiger partial charge < -0.3 is 5.11 Å². The Balaban J connectivity index is 2.58. The average molecular weight is 220 g/mol. The number of rotatable bonds is 5. The fourth-order valence-corrected chi connectivity index (χ4v) is 2.21. The third kappa shape index (κ3) is 2.78. The first-order valence-electron chi connectivity index (χ1n) is 6.19. The van der Waals surface area contributed by atoms with Gasteiger partial charge in [-0.1, -0.05) is 31.6 Å². The zero-order valence-corrected chi connectivity index (χ0v) is 10.8. The fourth-order valence-electron chi connectivity index (χ4n) is 2.21. The Morgan fingerprint density at radius 3 is 2.69 bits per heavy atom. The van der Waals surface area contributed by atoms with Gasteiger partial charge in [0.1, 0.15) is 0 Å². The molecule has 0 unspecified atom stereocenters. The minimum atomic E-state index is 0.0581. The van der Waals surface area contributed by atoms with Crippen LogP contribution in [-0.4, -0.2) is 5.11 Å². The minimum absolute atomic E-state index is 0.0581. The maximum Gasteiger partial charge on any atom is 0.0926 e. The van der Waals surface area contributed by atoms with Crippen LogP contribution in [0.5, 0.6) is 0 Å². The molecule has 1 aliphatic rings. The summed E-state index contributed by atoms with van der Waals surface area (Å²) in [5.41, 5.74) is 2.64. The molecule has 0 aromatic heterocycles. The van der Waals surface area contributed by atoms with Crippen molar-refractivity contribution in [1.29, 1.82) is 0 Å². The second-order valence-electron chi connectivity index (χ2n) is 5.18. The van der Waals surface area contributed by atoms with E-state index in [-0.39, 0.29) is 5.41 Å². The smallest absolute Gasteiger partial charge is 0.0926 e. The van der Waals surface area contributed by atoms with Crippen LogP contribution in [0.2, 0.25) is 0 Å². The minimum Gasteiger partial charge on any atom is -0.512 e. The highest BCUT2D eigenvalue weighted by molar-refractivity contribution is 5.36. The van der Waals surface area contributed by atoms with E-state index in [2.05, 4.69) is 33.4 Å². The van der Waals surface area contributed by atoms with Gasteiger partial charge in [0, 0.05) is 11.8 Å². The first-order valence-corrected chi connectivity index (χ1v) is 6.19. The predicted octanol–water partition coefficient (Wildman–Crippen LogP) is 4.92. The molecule has 0 aliphatic heterocycles. The van der Waals surface area contributed by atoms with Gasteiger partial charge in [0.25, 0.3) is 0 Å². The largest absolute Gasteiger partial charge is 0.512 e. The number of hydrogen-bond donors (Lipinski definition) is 1. The molecule has 0 amide bonds. The predicted molar refractivity (Wildman–Crippen MR) is 70.5 cm³/mol. The van der Waals surface area contributed by atoms with E-state index in [1.165, 1.54) is 11.1 Å². The Hall–Kier alpha value is -0.980. The van der Waals surface area contributed by atoms with E-state index in [0.717, 1.165) is 32.1 Å². The van der Waals surface area contributed by atoms with Crippen LogP contribution in [0.3, 0.4) is 0 Å². The monoisotopic (exact) mass is 220 g/mol. The molecule has 0 spiro atoms. The standard InChI is InChI=1S/C15H24O/c1-5-6-7-8-9-14(16)13-11-10-12(2)15(13,3)4/h5,10,16H,1,6-9,11H2,2-4H3/b14-13-. The van der Waals surface area contributed by atoms with Crippen molar-refractivity contribution in [2.24, 2.45) is 5.41 Å². The van der Waals surface area contributed by atoms with E-state index in [1.54, 1.807) is 0 Å². The van der Waals surface area contributed by atoms with Crippen molar-refractivity contribution in [2.45, 2.75) is 52.9 Å². The van der Waals surface area contributed by atoms with Crippen molar-refractivity contribution in [2.75, 3.05) is 0 Å². The van der Waals surface area contributed by atoms with Crippen LogP contribution in [-0.2, 0) is 0 Å². The summed E-state index contributed by atoms with van der Waals surface area (Å²) in [5.74, 6) is 0.613. The van der Waals surface area contributed by atoms with Crippen molar-refractivity contribution < 1.29 is 5.11 Å². The topological polar surface area (TPSA) is 20.2 Å². The molecular weight excluding hydrogens is 196 g/mol. The van der Waals surface area contributed by atoms with Gasteiger partial charge >= 0.3 is 0 Å². The molecule has 1 nitrogen and oxygen atoms in total. The number of unbranched alkanes of at least 4 members (excludes halogenated alkanes) is 2. The molecule has 0 radical (unpaired) electrons. The van der Waals surface area contributed by atoms with Crippen molar-refractivity contribution >= 4 is 0 Å². The summed E-state index contributed by atoms with van der Waals surface area (Å²) >= 11 is 0. The molecule has 90 valence electrons. The van der Waals surface area contributed by atoms with Crippen LogP contribution in [0.1, 0.15) is 52.9 Å². The van der Waals surface area contributed by atoms with Gasteiger partial charge in [-0.25, -0.2) is 0 Å². The zero-order chi connectivity index (χ0) is 12.2. The SMILES string of the molecule is C=CCCCC/C(O)=C1\CC=C(C)C1(C)C. The molecular formula is C15H24O. The molecule has 1 aliphatic carbocycles. The van der Waals surface area contributed by atoms with E-state index in [1.807, 2.05) is 6.08 Å². The zero-order valence-electron chi connectivity index (χ0n) is 10.8. The third-order valence-corrected chi connectivity index (χ3v) is 3.77. The quantitative estimate of drug-likeness (QED) is 0.396. The van der Waals surface area contributed by atoms with Crippen LogP contribution >= 0.6 is 0 Å². The molecule has 0 saturated heterocycles. The van der Waals surface area contributed by atoms with Gasteiger partial charge in [0.2, 0.25) is 0 Å². The highest BCUT2D eigenvalue weighted by atomic mass is 16.3. The lowest BCUT2D eigenvalue weighted by atomic mass is 9.81. The number of hydrogen-bond acceptors (Lipinski definition) is 1. The first-order chi connectivity index (χ1) is 7.50. The second kappa shape index (κ2) is 5.38. The Morgan fingerprint density at radius 1 is 1.50 bits per heavy atom. The molecule has 0 saturated carbocycles. The lowest BCUT2D eigenvalue weighted by Crippen LogP contribution is -2.13. The summed E-state index contributed by atoms with van der Waals surface area (Å²) in [6.07, 6.45) is 9.12. The van der Waals surface area contributed by atoms with Crippen LogP contribution in [0.4, 0.5) is 0 Å². The highest BCUT2D eigenvalue weighted by Crippen LogP contribution is 2.44. The lowest BCUT2D eigenvalue weighted by Gasteiger charge is -2.24. The molecule has 0 bridgehead atoms. The van der Waals surface area contributed by atoms with E-state index < -0.39 is 0 Å². The molecule has 1 heteroatoms. The van der Waals surface area contributed by atoms with E-state index in [0.29, 0.717) is 5.76 Å². The molecule has 1 rings (SSSR count). The first kappa shape index (κ1) is 13.1. The summed E-state index contributed by atoms with van der Waals surface area (Å²) in [7, 11) is 0. The molecule has 16 heavy (non-hydrogen) atoms. The van der Waals surface area contributed by atoms with Crippen LogP contribution in [0.25, 0.3) is 0 Å². The fraction of sp³-hybridized carbons (Fsp3) is 0.600. The van der Waals surface area contributed by atoms with Gasteiger partial charge in [-0.3, -0.25) is 0 Å². The maximum absolute atomic E-state index is 10.1. The van der Waals surface area contributed by atoms with Crippen molar-refractivity contribution in [3.8, 4) is 0 Å². The van der Waals surface area contributed by atoms with Crippen molar-refractivity contribution in [1.82, 2.24) is 0 Å². The Kier molecular flexibility index (Phi) is 4.40. The molecule has 0 fully saturated rings. The van der Waals surface area contributed by atoms with E-state index >= 15 is 0 Å². The summed E-state index contributed by atoms with van der Waals surface area (Å²) in [4.78, 5) is 0. The van der Waals surface area contributed by atoms with Crippen molar-refractivity contribution in [3.05, 3.63) is 35.6 Å². The lowest BCUT2D eigenvalue weighted by molar-refractivity contribution is 0.355. The molecule has 0 atom stereocenters. The van der Waals surface area contributed by atoms with Crippen LogP contribution in [0.15, 0.2) is 35.6 Å². The Bertz CT molecular complexity index is 318. The van der Waals surface area contributed by atoms with Crippen LogP contribution in [0, 0.1) is 5.41 Å². The van der Waals surface area contributed by atoms with Gasteiger partial charge in [0.05, 0.1) is 5.76 Å². The average Bonchev–Trinajstić information content (AvgIpc) is 2.49. The third-order valence-electron chi connectivity index (χ3n) is 3.77. The van der Waals surface area contributed by atoms with E-state index in [9.17, 15) is 5.11 Å². The molecule has 1 N–H and O–H groups in total. The van der Waals surface area contributed by atoms with Crippen molar-refractivity contribution in [3.63, 3.8) is 0 Å². The Labute approximate surface area is 99.6 Å². The Morgan fingerprint density at radius 2 is 2.19 bits per heavy atom. The van der Waals surface area contributed by atoms with Gasteiger partial charge in [-0.2, -0.15) is 0 Å². The molecule has 0 aromatic rings. The normalized spacial score (nSPS) is 21.8. The van der Waals surface area contributed by atoms with E-state index in [4.69, 9.17) is 0 Å². The van der Waals surface area contributed by atoms with Crippen LogP contribution < -0.4 is 0 Å². The number of aliphatic hydroxyl groups is 1. The van der Waals surface area contributed by atoms with Gasteiger partial charge in [0.15, 0.2) is 0 Å². The van der Waals surface area contributed by atoms with Gasteiger partial charge in [-0.05, 0) is 38.2 Å². The summed E-state index contributed by atoms with van der Waals surface area (Å²) in [6.45, 7) is 10.2.